The van der Waals surface area contributed by atoms with Crippen molar-refractivity contribution in [2.75, 3.05) is 26.0 Å². The van der Waals surface area contributed by atoms with Crippen molar-refractivity contribution in [3.05, 3.63) is 27.9 Å². The molecule has 8 heteroatoms. The fraction of sp³-hybridized carbons (Fsp3) is 0.333. The first-order valence-electron chi connectivity index (χ1n) is 4.73. The van der Waals surface area contributed by atoms with Gasteiger partial charge in [-0.1, -0.05) is 0 Å². The Balaban J connectivity index is 2.84. The second kappa shape index (κ2) is 5.75. The second-order valence-electron chi connectivity index (χ2n) is 3.13. The van der Waals surface area contributed by atoms with Gasteiger partial charge in [0.05, 0.1) is 17.1 Å². The molecular formula is C9H12N4O4. The molecule has 3 N–H and O–H groups in total. The first-order chi connectivity index (χ1) is 8.06. The lowest BCUT2D eigenvalue weighted by Crippen LogP contribution is -2.28. The van der Waals surface area contributed by atoms with E-state index in [0.717, 1.165) is 12.3 Å². The topological polar surface area (TPSA) is 120 Å². The predicted molar refractivity (Wildman–Crippen MR) is 59.5 cm³/mol. The van der Waals surface area contributed by atoms with E-state index in [-0.39, 0.29) is 23.6 Å². The van der Waals surface area contributed by atoms with Gasteiger partial charge in [-0.05, 0) is 0 Å². The number of nitrogens with two attached hydrogens (primary N) is 1. The molecule has 0 saturated carbocycles. The third-order valence-electron chi connectivity index (χ3n) is 1.95. The number of hydrogen-bond donors (Lipinski definition) is 2. The Bertz CT molecular complexity index is 435. The summed E-state index contributed by atoms with van der Waals surface area (Å²) in [7, 11) is 1.50. The van der Waals surface area contributed by atoms with Gasteiger partial charge >= 0.3 is 0 Å². The monoisotopic (exact) mass is 240 g/mol. The van der Waals surface area contributed by atoms with Crippen LogP contribution < -0.4 is 11.1 Å². The molecule has 0 bridgehead atoms. The van der Waals surface area contributed by atoms with Crippen LogP contribution in [-0.2, 0) is 4.74 Å². The van der Waals surface area contributed by atoms with Crippen molar-refractivity contribution >= 4 is 17.4 Å². The zero-order valence-corrected chi connectivity index (χ0v) is 9.17. The molecule has 0 aliphatic rings. The molecule has 0 spiro atoms. The fourth-order valence-corrected chi connectivity index (χ4v) is 1.11. The standard InChI is InChI=1S/C9H12N4O4/c1-17-3-2-11-9(14)7-4-6(13(15)16)5-12-8(7)10/h4-5H,2-3H2,1H3,(H2,10,12)(H,11,14). The zero-order valence-electron chi connectivity index (χ0n) is 9.17. The number of anilines is 1. The smallest absolute Gasteiger partial charge is 0.288 e. The third kappa shape index (κ3) is 3.38. The number of nitrogen functional groups attached to an aromatic ring is 1. The average Bonchev–Trinajstić information content (AvgIpc) is 2.29. The Morgan fingerprint density at radius 3 is 3.00 bits per heavy atom. The summed E-state index contributed by atoms with van der Waals surface area (Å²) in [5, 5.41) is 13.0. The lowest BCUT2D eigenvalue weighted by atomic mass is 10.2. The molecule has 0 atom stereocenters. The lowest BCUT2D eigenvalue weighted by molar-refractivity contribution is -0.385. The van der Waals surface area contributed by atoms with Crippen molar-refractivity contribution in [2.24, 2.45) is 0 Å². The second-order valence-corrected chi connectivity index (χ2v) is 3.13. The third-order valence-corrected chi connectivity index (χ3v) is 1.95. The van der Waals surface area contributed by atoms with Crippen molar-refractivity contribution in [1.29, 1.82) is 0 Å². The summed E-state index contributed by atoms with van der Waals surface area (Å²) in [6.45, 7) is 0.630. The lowest BCUT2D eigenvalue weighted by Gasteiger charge is -2.05. The van der Waals surface area contributed by atoms with Crippen LogP contribution in [0.5, 0.6) is 0 Å². The Labute approximate surface area is 96.9 Å². The van der Waals surface area contributed by atoms with Crippen LogP contribution in [0.2, 0.25) is 0 Å². The van der Waals surface area contributed by atoms with Crippen LogP contribution in [0.1, 0.15) is 10.4 Å². The van der Waals surface area contributed by atoms with Gasteiger partial charge in [0.1, 0.15) is 12.0 Å². The maximum Gasteiger partial charge on any atom is 0.288 e. The molecule has 0 saturated heterocycles. The summed E-state index contributed by atoms with van der Waals surface area (Å²) >= 11 is 0. The maximum absolute atomic E-state index is 11.6. The molecule has 0 aliphatic carbocycles. The summed E-state index contributed by atoms with van der Waals surface area (Å²) in [5.74, 6) is -0.568. The largest absolute Gasteiger partial charge is 0.383 e. The number of amides is 1. The van der Waals surface area contributed by atoms with E-state index in [2.05, 4.69) is 10.3 Å². The number of hydrogen-bond acceptors (Lipinski definition) is 6. The minimum Gasteiger partial charge on any atom is -0.383 e. The van der Waals surface area contributed by atoms with Crippen molar-refractivity contribution < 1.29 is 14.5 Å². The van der Waals surface area contributed by atoms with E-state index in [4.69, 9.17) is 10.5 Å². The summed E-state index contributed by atoms with van der Waals surface area (Å²) in [4.78, 5) is 25.1. The molecule has 1 rings (SSSR count). The minimum absolute atomic E-state index is 0.0182. The first-order valence-corrected chi connectivity index (χ1v) is 4.73. The first kappa shape index (κ1) is 12.8. The Hall–Kier alpha value is -2.22. The summed E-state index contributed by atoms with van der Waals surface area (Å²) in [5.41, 5.74) is 5.17. The van der Waals surface area contributed by atoms with Crippen molar-refractivity contribution in [3.8, 4) is 0 Å². The summed E-state index contributed by atoms with van der Waals surface area (Å²) < 4.78 is 4.75. The van der Waals surface area contributed by atoms with Gasteiger partial charge in [-0.3, -0.25) is 14.9 Å². The molecule has 17 heavy (non-hydrogen) atoms. The number of rotatable bonds is 5. The quantitative estimate of drug-likeness (QED) is 0.423. The van der Waals surface area contributed by atoms with Crippen LogP contribution in [0, 0.1) is 10.1 Å². The molecule has 1 heterocycles. The number of methoxy groups -OCH3 is 1. The molecular weight excluding hydrogens is 228 g/mol. The summed E-state index contributed by atoms with van der Waals surface area (Å²) in [6.07, 6.45) is 1.00. The molecule has 0 radical (unpaired) electrons. The van der Waals surface area contributed by atoms with Gasteiger partial charge in [-0.2, -0.15) is 0 Å². The zero-order chi connectivity index (χ0) is 12.8. The highest BCUT2D eigenvalue weighted by atomic mass is 16.6. The summed E-state index contributed by atoms with van der Waals surface area (Å²) in [6, 6.07) is 1.09. The van der Waals surface area contributed by atoms with Crippen LogP contribution in [0.4, 0.5) is 11.5 Å². The predicted octanol–water partition coefficient (Wildman–Crippen LogP) is -0.0518. The van der Waals surface area contributed by atoms with Gasteiger partial charge in [0.2, 0.25) is 0 Å². The van der Waals surface area contributed by atoms with Crippen LogP contribution in [-0.4, -0.2) is 36.1 Å². The van der Waals surface area contributed by atoms with Crippen LogP contribution in [0.3, 0.4) is 0 Å². The number of nitrogens with one attached hydrogen (secondary N) is 1. The van der Waals surface area contributed by atoms with Crippen molar-refractivity contribution in [2.45, 2.75) is 0 Å². The van der Waals surface area contributed by atoms with Crippen LogP contribution in [0.15, 0.2) is 12.3 Å². The van der Waals surface area contributed by atoms with Gasteiger partial charge in [-0.25, -0.2) is 4.98 Å². The van der Waals surface area contributed by atoms with E-state index in [1.165, 1.54) is 7.11 Å². The van der Waals surface area contributed by atoms with Gasteiger partial charge in [0, 0.05) is 19.7 Å². The molecule has 0 aromatic carbocycles. The van der Waals surface area contributed by atoms with Crippen LogP contribution >= 0.6 is 0 Å². The van der Waals surface area contributed by atoms with Crippen molar-refractivity contribution in [3.63, 3.8) is 0 Å². The van der Waals surface area contributed by atoms with Gasteiger partial charge < -0.3 is 15.8 Å². The number of carbonyl (C=O) groups excluding carboxylic acids is 1. The number of carbonyl (C=O) groups is 1. The highest BCUT2D eigenvalue weighted by Crippen LogP contribution is 2.16. The minimum atomic E-state index is -0.641. The van der Waals surface area contributed by atoms with E-state index in [9.17, 15) is 14.9 Å². The Kier molecular flexibility index (Phi) is 4.35. The van der Waals surface area contributed by atoms with E-state index >= 15 is 0 Å². The Morgan fingerprint density at radius 1 is 1.71 bits per heavy atom. The van der Waals surface area contributed by atoms with Gasteiger partial charge in [-0.15, -0.1) is 0 Å². The molecule has 1 aromatic rings. The maximum atomic E-state index is 11.6. The number of aromatic nitrogens is 1. The number of nitro groups is 1. The van der Waals surface area contributed by atoms with Gasteiger partial charge in [0.25, 0.3) is 11.6 Å². The van der Waals surface area contributed by atoms with Gasteiger partial charge in [0.15, 0.2) is 0 Å². The fourth-order valence-electron chi connectivity index (χ4n) is 1.11. The normalized spacial score (nSPS) is 9.94. The number of nitrogens with zero attached hydrogens (tertiary/aromatic N) is 2. The van der Waals surface area contributed by atoms with E-state index in [0.29, 0.717) is 6.61 Å². The van der Waals surface area contributed by atoms with Crippen molar-refractivity contribution in [1.82, 2.24) is 10.3 Å². The molecule has 0 fully saturated rings. The molecule has 0 aliphatic heterocycles. The highest BCUT2D eigenvalue weighted by molar-refractivity contribution is 5.98. The molecule has 1 aromatic heterocycles. The average molecular weight is 240 g/mol. The molecule has 0 unspecified atom stereocenters. The number of pyridine rings is 1. The van der Waals surface area contributed by atoms with E-state index in [1.54, 1.807) is 0 Å². The molecule has 8 nitrogen and oxygen atoms in total. The molecule has 1 amide bonds. The Morgan fingerprint density at radius 2 is 2.41 bits per heavy atom. The van der Waals surface area contributed by atoms with Crippen LogP contribution in [0.25, 0.3) is 0 Å². The molecule has 92 valence electrons. The van der Waals surface area contributed by atoms with E-state index in [1.807, 2.05) is 0 Å². The number of ether oxygens (including phenoxy) is 1. The highest BCUT2D eigenvalue weighted by Gasteiger charge is 2.15. The SMILES string of the molecule is COCCNC(=O)c1cc([N+](=O)[O-])cnc1N. The van der Waals surface area contributed by atoms with E-state index < -0.39 is 10.8 Å².